The smallest absolute Gasteiger partial charge is 0.108 e. The van der Waals surface area contributed by atoms with Gasteiger partial charge in [0.2, 0.25) is 0 Å². The Morgan fingerprint density at radius 1 is 1.26 bits per heavy atom. The lowest BCUT2D eigenvalue weighted by atomic mass is 9.98. The van der Waals surface area contributed by atoms with Crippen LogP contribution >= 0.6 is 0 Å². The fourth-order valence-electron chi connectivity index (χ4n) is 4.32. The Bertz CT molecular complexity index is 371. The van der Waals surface area contributed by atoms with Crippen molar-refractivity contribution in [2.75, 3.05) is 0 Å². The molecule has 0 bridgehead atoms. The molecular formula is C16H27N3. The van der Waals surface area contributed by atoms with Crippen molar-refractivity contribution < 1.29 is 0 Å². The first-order valence-electron chi connectivity index (χ1n) is 8.14. The zero-order valence-corrected chi connectivity index (χ0v) is 12.4. The molecular weight excluding hydrogens is 234 g/mol. The molecule has 0 aromatic heterocycles. The Labute approximate surface area is 117 Å². The van der Waals surface area contributed by atoms with Gasteiger partial charge in [0.15, 0.2) is 0 Å². The van der Waals surface area contributed by atoms with Gasteiger partial charge in [-0.15, -0.1) is 0 Å². The molecule has 3 heteroatoms. The minimum atomic E-state index is -0.216. The molecule has 2 aliphatic carbocycles. The van der Waals surface area contributed by atoms with Crippen molar-refractivity contribution in [3.8, 4) is 6.07 Å². The third-order valence-corrected chi connectivity index (χ3v) is 5.50. The number of likely N-dealkylation sites (tertiary alicyclic amines) is 1. The van der Waals surface area contributed by atoms with Gasteiger partial charge in [-0.05, 0) is 58.3 Å². The second-order valence-electron chi connectivity index (χ2n) is 6.94. The topological polar surface area (TPSA) is 39.1 Å². The lowest BCUT2D eigenvalue weighted by molar-refractivity contribution is 0.131. The minimum absolute atomic E-state index is 0.216. The van der Waals surface area contributed by atoms with Crippen LogP contribution in [0.2, 0.25) is 0 Å². The van der Waals surface area contributed by atoms with Crippen LogP contribution < -0.4 is 5.32 Å². The van der Waals surface area contributed by atoms with E-state index in [4.69, 9.17) is 0 Å². The summed E-state index contributed by atoms with van der Waals surface area (Å²) < 4.78 is 0. The molecule has 1 saturated heterocycles. The molecule has 0 amide bonds. The summed E-state index contributed by atoms with van der Waals surface area (Å²) in [5.41, 5.74) is -0.216. The molecule has 0 aromatic carbocycles. The van der Waals surface area contributed by atoms with Gasteiger partial charge >= 0.3 is 0 Å². The van der Waals surface area contributed by atoms with Gasteiger partial charge < -0.3 is 0 Å². The summed E-state index contributed by atoms with van der Waals surface area (Å²) in [5, 5.41) is 13.2. The van der Waals surface area contributed by atoms with Gasteiger partial charge in [0.05, 0.1) is 6.07 Å². The molecule has 106 valence electrons. The Morgan fingerprint density at radius 3 is 2.68 bits per heavy atom. The average Bonchev–Trinajstić information content (AvgIpc) is 2.99. The van der Waals surface area contributed by atoms with E-state index in [1.165, 1.54) is 38.5 Å². The minimum Gasteiger partial charge on any atom is -0.297 e. The van der Waals surface area contributed by atoms with Gasteiger partial charge in [-0.3, -0.25) is 10.2 Å². The number of nitriles is 1. The zero-order chi connectivity index (χ0) is 13.5. The molecule has 1 aliphatic heterocycles. The zero-order valence-electron chi connectivity index (χ0n) is 12.4. The van der Waals surface area contributed by atoms with Crippen LogP contribution in [0.1, 0.15) is 65.2 Å². The van der Waals surface area contributed by atoms with Crippen molar-refractivity contribution in [3.05, 3.63) is 0 Å². The molecule has 2 saturated carbocycles. The highest BCUT2D eigenvalue weighted by Gasteiger charge is 2.47. The molecule has 4 atom stereocenters. The quantitative estimate of drug-likeness (QED) is 0.846. The molecule has 0 aromatic rings. The number of rotatable bonds is 4. The number of nitrogens with zero attached hydrogens (tertiary/aromatic N) is 2. The number of hydrogen-bond donors (Lipinski definition) is 1. The van der Waals surface area contributed by atoms with Crippen LogP contribution in [0.4, 0.5) is 0 Å². The van der Waals surface area contributed by atoms with E-state index >= 15 is 0 Å². The van der Waals surface area contributed by atoms with Gasteiger partial charge in [-0.2, -0.15) is 5.26 Å². The first kappa shape index (κ1) is 13.4. The van der Waals surface area contributed by atoms with Crippen molar-refractivity contribution in [1.82, 2.24) is 10.2 Å². The van der Waals surface area contributed by atoms with Crippen LogP contribution in [-0.2, 0) is 0 Å². The molecule has 3 nitrogen and oxygen atoms in total. The monoisotopic (exact) mass is 261 g/mol. The summed E-state index contributed by atoms with van der Waals surface area (Å²) in [5.74, 6) is 0. The van der Waals surface area contributed by atoms with Crippen LogP contribution in [-0.4, -0.2) is 34.6 Å². The lowest BCUT2D eigenvalue weighted by Gasteiger charge is -2.34. The van der Waals surface area contributed by atoms with E-state index in [-0.39, 0.29) is 5.54 Å². The molecule has 1 N–H and O–H groups in total. The highest BCUT2D eigenvalue weighted by atomic mass is 15.2. The standard InChI is InChI=1S/C16H27N3/c1-3-14-7-4-12(2)19(14)15-8-9-16(10-15,11-17)18-13-5-6-13/h12-15,18H,3-10H2,1-2H3. The van der Waals surface area contributed by atoms with E-state index < -0.39 is 0 Å². The highest BCUT2D eigenvalue weighted by molar-refractivity contribution is 5.16. The van der Waals surface area contributed by atoms with Crippen LogP contribution in [0.5, 0.6) is 0 Å². The van der Waals surface area contributed by atoms with Gasteiger partial charge in [-0.25, -0.2) is 0 Å². The third kappa shape index (κ3) is 2.53. The molecule has 3 fully saturated rings. The summed E-state index contributed by atoms with van der Waals surface area (Å²) in [4.78, 5) is 2.74. The fraction of sp³-hybridized carbons (Fsp3) is 0.938. The average molecular weight is 261 g/mol. The largest absolute Gasteiger partial charge is 0.297 e. The van der Waals surface area contributed by atoms with E-state index in [1.54, 1.807) is 0 Å². The van der Waals surface area contributed by atoms with Crippen molar-refractivity contribution in [2.24, 2.45) is 0 Å². The molecule has 19 heavy (non-hydrogen) atoms. The van der Waals surface area contributed by atoms with Gasteiger partial charge in [0.25, 0.3) is 0 Å². The lowest BCUT2D eigenvalue weighted by Crippen LogP contribution is -2.47. The third-order valence-electron chi connectivity index (χ3n) is 5.50. The molecule has 4 unspecified atom stereocenters. The highest BCUT2D eigenvalue weighted by Crippen LogP contribution is 2.40. The van der Waals surface area contributed by atoms with E-state index in [2.05, 4.69) is 30.1 Å². The molecule has 1 heterocycles. The maximum absolute atomic E-state index is 9.61. The SMILES string of the molecule is CCC1CCC(C)N1C1CCC(C#N)(NC2CC2)C1. The van der Waals surface area contributed by atoms with Crippen LogP contribution in [0.3, 0.4) is 0 Å². The van der Waals surface area contributed by atoms with Gasteiger partial charge in [0.1, 0.15) is 5.54 Å². The maximum Gasteiger partial charge on any atom is 0.108 e. The number of hydrogen-bond acceptors (Lipinski definition) is 3. The van der Waals surface area contributed by atoms with Crippen molar-refractivity contribution in [2.45, 2.75) is 94.9 Å². The van der Waals surface area contributed by atoms with Crippen molar-refractivity contribution in [3.63, 3.8) is 0 Å². The summed E-state index contributed by atoms with van der Waals surface area (Å²) in [6.45, 7) is 4.68. The van der Waals surface area contributed by atoms with E-state index in [0.29, 0.717) is 18.1 Å². The van der Waals surface area contributed by atoms with Crippen molar-refractivity contribution in [1.29, 1.82) is 5.26 Å². The maximum atomic E-state index is 9.61. The summed E-state index contributed by atoms with van der Waals surface area (Å²) in [6, 6.07) is 5.35. The van der Waals surface area contributed by atoms with Crippen LogP contribution in [0, 0.1) is 11.3 Å². The molecule has 3 aliphatic rings. The van der Waals surface area contributed by atoms with Crippen LogP contribution in [0.15, 0.2) is 0 Å². The molecule has 0 spiro atoms. The van der Waals surface area contributed by atoms with E-state index in [0.717, 1.165) is 18.9 Å². The second kappa shape index (κ2) is 5.07. The van der Waals surface area contributed by atoms with Gasteiger partial charge in [0, 0.05) is 24.2 Å². The van der Waals surface area contributed by atoms with E-state index in [9.17, 15) is 5.26 Å². The van der Waals surface area contributed by atoms with Crippen LogP contribution in [0.25, 0.3) is 0 Å². The molecule has 0 radical (unpaired) electrons. The Morgan fingerprint density at radius 2 is 2.05 bits per heavy atom. The predicted octanol–water partition coefficient (Wildman–Crippen LogP) is 2.82. The number of nitrogens with one attached hydrogen (secondary N) is 1. The Kier molecular flexibility index (Phi) is 3.57. The normalized spacial score (nSPS) is 43.5. The first-order chi connectivity index (χ1) is 9.17. The van der Waals surface area contributed by atoms with E-state index in [1.807, 2.05) is 0 Å². The second-order valence-corrected chi connectivity index (χ2v) is 6.94. The Hall–Kier alpha value is -0.590. The predicted molar refractivity (Wildman–Crippen MR) is 76.8 cm³/mol. The summed E-state index contributed by atoms with van der Waals surface area (Å²) >= 11 is 0. The van der Waals surface area contributed by atoms with Crippen molar-refractivity contribution >= 4 is 0 Å². The first-order valence-corrected chi connectivity index (χ1v) is 8.14. The molecule has 3 rings (SSSR count). The summed E-state index contributed by atoms with van der Waals surface area (Å²) in [7, 11) is 0. The summed E-state index contributed by atoms with van der Waals surface area (Å²) in [6.07, 6.45) is 9.78. The van der Waals surface area contributed by atoms with Gasteiger partial charge in [-0.1, -0.05) is 6.92 Å². The Balaban J connectivity index is 1.68. The fourth-order valence-corrected chi connectivity index (χ4v) is 4.32.